The van der Waals surface area contributed by atoms with E-state index >= 15 is 0 Å². The molecule has 0 saturated heterocycles. The first kappa shape index (κ1) is 16.5. The van der Waals surface area contributed by atoms with Crippen molar-refractivity contribution in [1.29, 1.82) is 0 Å². The summed E-state index contributed by atoms with van der Waals surface area (Å²) >= 11 is 3.38. The van der Waals surface area contributed by atoms with Gasteiger partial charge in [0.15, 0.2) is 0 Å². The third kappa shape index (κ3) is 3.00. The van der Waals surface area contributed by atoms with Gasteiger partial charge in [0.25, 0.3) is 0 Å². The molecule has 3 atom stereocenters. The maximum atomic E-state index is 12.5. The van der Waals surface area contributed by atoms with Gasteiger partial charge in [-0.2, -0.15) is 0 Å². The maximum absolute atomic E-state index is 12.5. The highest BCUT2D eigenvalue weighted by Gasteiger charge is 2.50. The van der Waals surface area contributed by atoms with Crippen LogP contribution in [0, 0.1) is 5.41 Å². The fourth-order valence-corrected chi connectivity index (χ4v) is 3.03. The van der Waals surface area contributed by atoms with Crippen LogP contribution in [-0.4, -0.2) is 25.2 Å². The van der Waals surface area contributed by atoms with E-state index in [1.807, 2.05) is 24.3 Å². The lowest BCUT2D eigenvalue weighted by atomic mass is 9.64. The predicted molar refractivity (Wildman–Crippen MR) is 86.8 cm³/mol. The monoisotopic (exact) mass is 354 g/mol. The Bertz CT molecular complexity index is 526. The molecule has 116 valence electrons. The molecule has 0 spiro atoms. The van der Waals surface area contributed by atoms with Crippen LogP contribution in [0.2, 0.25) is 0 Å². The number of hydrogen-bond acceptors (Lipinski definition) is 3. The Kier molecular flexibility index (Phi) is 4.47. The van der Waals surface area contributed by atoms with E-state index in [2.05, 4.69) is 35.1 Å². The van der Waals surface area contributed by atoms with Crippen LogP contribution in [-0.2, 0) is 15.1 Å². The van der Waals surface area contributed by atoms with Gasteiger partial charge in [0.1, 0.15) is 5.54 Å². The number of carbonyl (C=O) groups excluding carboxylic acids is 1. The quantitative estimate of drug-likeness (QED) is 0.873. The number of carbonyl (C=O) groups is 1. The summed E-state index contributed by atoms with van der Waals surface area (Å²) in [6.45, 7) is 5.94. The lowest BCUT2D eigenvalue weighted by molar-refractivity contribution is -0.137. The summed E-state index contributed by atoms with van der Waals surface area (Å²) in [5.41, 5.74) is 5.93. The zero-order chi connectivity index (χ0) is 15.8. The topological polar surface area (TPSA) is 64.3 Å². The van der Waals surface area contributed by atoms with Crippen molar-refractivity contribution in [2.24, 2.45) is 11.1 Å². The van der Waals surface area contributed by atoms with Gasteiger partial charge < -0.3 is 15.8 Å². The first-order valence-electron chi connectivity index (χ1n) is 7.08. The number of rotatable bonds is 4. The van der Waals surface area contributed by atoms with Crippen molar-refractivity contribution in [3.05, 3.63) is 34.3 Å². The molecule has 0 aliphatic heterocycles. The molecule has 1 amide bonds. The van der Waals surface area contributed by atoms with Crippen LogP contribution in [0.3, 0.4) is 0 Å². The third-order valence-corrected chi connectivity index (χ3v) is 5.21. The van der Waals surface area contributed by atoms with Crippen LogP contribution < -0.4 is 11.1 Å². The lowest BCUT2D eigenvalue weighted by Gasteiger charge is -2.51. The molecular weight excluding hydrogens is 332 g/mol. The number of ether oxygens (including phenoxy) is 1. The van der Waals surface area contributed by atoms with Crippen molar-refractivity contribution in [2.45, 2.75) is 44.9 Å². The number of nitrogens with two attached hydrogens (primary N) is 1. The average Bonchev–Trinajstić information content (AvgIpc) is 2.43. The highest BCUT2D eigenvalue weighted by atomic mass is 79.9. The Hall–Kier alpha value is -0.910. The van der Waals surface area contributed by atoms with Gasteiger partial charge in [-0.05, 0) is 31.0 Å². The third-order valence-electron chi connectivity index (χ3n) is 4.68. The van der Waals surface area contributed by atoms with E-state index in [0.717, 1.165) is 16.5 Å². The number of benzene rings is 1. The molecule has 1 aromatic rings. The molecule has 1 fully saturated rings. The Labute approximate surface area is 134 Å². The van der Waals surface area contributed by atoms with Gasteiger partial charge in [-0.15, -0.1) is 0 Å². The molecule has 1 aromatic carbocycles. The minimum atomic E-state index is -1.05. The second-order valence-corrected chi connectivity index (χ2v) is 7.43. The van der Waals surface area contributed by atoms with Gasteiger partial charge in [0, 0.05) is 23.0 Å². The van der Waals surface area contributed by atoms with Crippen LogP contribution in [0.4, 0.5) is 0 Å². The van der Waals surface area contributed by atoms with Crippen LogP contribution in [0.5, 0.6) is 0 Å². The molecule has 1 aliphatic carbocycles. The first-order chi connectivity index (χ1) is 9.69. The summed E-state index contributed by atoms with van der Waals surface area (Å²) in [7, 11) is 1.71. The van der Waals surface area contributed by atoms with Crippen molar-refractivity contribution in [2.75, 3.05) is 7.11 Å². The molecular formula is C16H23BrN2O2. The average molecular weight is 355 g/mol. The van der Waals surface area contributed by atoms with Crippen LogP contribution >= 0.6 is 15.9 Å². The molecule has 0 heterocycles. The molecule has 2 rings (SSSR count). The van der Waals surface area contributed by atoms with Gasteiger partial charge in [0.2, 0.25) is 5.91 Å². The maximum Gasteiger partial charge on any atom is 0.244 e. The summed E-state index contributed by atoms with van der Waals surface area (Å²) in [5, 5.41) is 3.07. The number of hydrogen-bond donors (Lipinski definition) is 2. The van der Waals surface area contributed by atoms with E-state index in [1.165, 1.54) is 0 Å². The number of halogens is 1. The van der Waals surface area contributed by atoms with Gasteiger partial charge in [0.05, 0.1) is 6.10 Å². The van der Waals surface area contributed by atoms with Gasteiger partial charge in [-0.3, -0.25) is 4.79 Å². The Morgan fingerprint density at radius 2 is 2.00 bits per heavy atom. The summed E-state index contributed by atoms with van der Waals surface area (Å²) in [4.78, 5) is 12.5. The van der Waals surface area contributed by atoms with E-state index in [1.54, 1.807) is 14.0 Å². The molecule has 3 N–H and O–H groups in total. The SMILES string of the molecule is COC1CC(NC(=O)C(C)(N)c2ccc(Br)cc2)C1(C)C. The predicted octanol–water partition coefficient (Wildman–Crippen LogP) is 2.55. The second-order valence-electron chi connectivity index (χ2n) is 6.52. The van der Waals surface area contributed by atoms with E-state index < -0.39 is 5.54 Å². The van der Waals surface area contributed by atoms with Crippen LogP contribution in [0.15, 0.2) is 28.7 Å². The summed E-state index contributed by atoms with van der Waals surface area (Å²) < 4.78 is 6.37. The summed E-state index contributed by atoms with van der Waals surface area (Å²) in [6.07, 6.45) is 1.01. The standard InChI is InChI=1S/C16H23BrN2O2/c1-15(2)12(9-13(15)21-4)19-14(20)16(3,18)10-5-7-11(17)8-6-10/h5-8,12-13H,9,18H2,1-4H3,(H,19,20). The highest BCUT2D eigenvalue weighted by Crippen LogP contribution is 2.42. The minimum absolute atomic E-state index is 0.0692. The molecule has 1 saturated carbocycles. The number of methoxy groups -OCH3 is 1. The number of amides is 1. The first-order valence-corrected chi connectivity index (χ1v) is 7.87. The fraction of sp³-hybridized carbons (Fsp3) is 0.562. The van der Waals surface area contributed by atoms with Gasteiger partial charge >= 0.3 is 0 Å². The molecule has 21 heavy (non-hydrogen) atoms. The van der Waals surface area contributed by atoms with Gasteiger partial charge in [-0.1, -0.05) is 41.9 Å². The minimum Gasteiger partial charge on any atom is -0.381 e. The van der Waals surface area contributed by atoms with E-state index in [9.17, 15) is 4.79 Å². The fourth-order valence-electron chi connectivity index (χ4n) is 2.77. The summed E-state index contributed by atoms with van der Waals surface area (Å²) in [5.74, 6) is -0.155. The zero-order valence-corrected chi connectivity index (χ0v) is 14.5. The molecule has 5 heteroatoms. The van der Waals surface area contributed by atoms with E-state index in [-0.39, 0.29) is 23.5 Å². The molecule has 3 unspecified atom stereocenters. The van der Waals surface area contributed by atoms with Crippen molar-refractivity contribution in [1.82, 2.24) is 5.32 Å². The Morgan fingerprint density at radius 1 is 1.43 bits per heavy atom. The molecule has 4 nitrogen and oxygen atoms in total. The smallest absolute Gasteiger partial charge is 0.244 e. The molecule has 1 aliphatic rings. The molecule has 0 bridgehead atoms. The Morgan fingerprint density at radius 3 is 2.48 bits per heavy atom. The number of nitrogens with one attached hydrogen (secondary N) is 1. The largest absolute Gasteiger partial charge is 0.381 e. The van der Waals surface area contributed by atoms with Crippen molar-refractivity contribution < 1.29 is 9.53 Å². The highest BCUT2D eigenvalue weighted by molar-refractivity contribution is 9.10. The summed E-state index contributed by atoms with van der Waals surface area (Å²) in [6, 6.07) is 7.61. The van der Waals surface area contributed by atoms with Crippen LogP contribution in [0.1, 0.15) is 32.8 Å². The van der Waals surface area contributed by atoms with Gasteiger partial charge in [-0.25, -0.2) is 0 Å². The zero-order valence-electron chi connectivity index (χ0n) is 12.9. The van der Waals surface area contributed by atoms with Crippen molar-refractivity contribution >= 4 is 21.8 Å². The van der Waals surface area contributed by atoms with E-state index in [4.69, 9.17) is 10.5 Å². The molecule has 0 aromatic heterocycles. The normalized spacial score (nSPS) is 26.6. The van der Waals surface area contributed by atoms with E-state index in [0.29, 0.717) is 0 Å². The second kappa shape index (κ2) is 5.71. The lowest BCUT2D eigenvalue weighted by Crippen LogP contribution is -2.64. The van der Waals surface area contributed by atoms with Crippen molar-refractivity contribution in [3.63, 3.8) is 0 Å². The van der Waals surface area contributed by atoms with Crippen LogP contribution in [0.25, 0.3) is 0 Å². The molecule has 0 radical (unpaired) electrons. The van der Waals surface area contributed by atoms with Crippen molar-refractivity contribution in [3.8, 4) is 0 Å². The Balaban J connectivity index is 2.08.